The Labute approximate surface area is 154 Å². The summed E-state index contributed by atoms with van der Waals surface area (Å²) in [5, 5.41) is 1.67. The molecule has 1 aromatic heterocycles. The van der Waals surface area contributed by atoms with Crippen LogP contribution in [0.15, 0.2) is 90.9 Å². The van der Waals surface area contributed by atoms with Crippen molar-refractivity contribution in [1.82, 2.24) is 4.98 Å². The smallest absolute Gasteiger partial charge is 0.138 e. The summed E-state index contributed by atoms with van der Waals surface area (Å²) in [6.45, 7) is 12.3. The van der Waals surface area contributed by atoms with Crippen molar-refractivity contribution in [3.63, 3.8) is 0 Å². The van der Waals surface area contributed by atoms with E-state index in [1.54, 1.807) is 6.20 Å². The molecule has 0 saturated heterocycles. The summed E-state index contributed by atoms with van der Waals surface area (Å²) in [6.07, 6.45) is 16.1. The van der Waals surface area contributed by atoms with Crippen LogP contribution in [0.1, 0.15) is 18.5 Å². The highest BCUT2D eigenvalue weighted by Crippen LogP contribution is 2.28. The topological polar surface area (TPSA) is 22.1 Å². The minimum absolute atomic E-state index is 0.0791. The Balaban J connectivity index is 2.11. The molecule has 130 valence electrons. The van der Waals surface area contributed by atoms with Gasteiger partial charge in [-0.1, -0.05) is 68.3 Å². The zero-order valence-electron chi connectivity index (χ0n) is 14.9. The van der Waals surface area contributed by atoms with Gasteiger partial charge in [0.25, 0.3) is 0 Å². The molecule has 1 atom stereocenters. The minimum atomic E-state index is -0.0791. The summed E-state index contributed by atoms with van der Waals surface area (Å²) in [5.74, 6) is 0.590. The number of aromatic nitrogens is 1. The van der Waals surface area contributed by atoms with Crippen molar-refractivity contribution in [2.24, 2.45) is 0 Å². The van der Waals surface area contributed by atoms with Crippen LogP contribution >= 0.6 is 0 Å². The van der Waals surface area contributed by atoms with Gasteiger partial charge in [0.15, 0.2) is 0 Å². The summed E-state index contributed by atoms with van der Waals surface area (Å²) in [4.78, 5) is 4.61. The minimum Gasteiger partial charge on any atom is -0.482 e. The molecule has 0 bridgehead atoms. The lowest BCUT2D eigenvalue weighted by molar-refractivity contribution is 0.192. The van der Waals surface area contributed by atoms with E-state index in [4.69, 9.17) is 4.74 Å². The molecule has 0 fully saturated rings. The molecule has 26 heavy (non-hydrogen) atoms. The largest absolute Gasteiger partial charge is 0.482 e. The summed E-state index contributed by atoms with van der Waals surface area (Å²) < 4.78 is 6.18. The van der Waals surface area contributed by atoms with Gasteiger partial charge in [-0.25, -0.2) is 0 Å². The first-order chi connectivity index (χ1) is 12.6. The van der Waals surface area contributed by atoms with E-state index in [9.17, 15) is 0 Å². The van der Waals surface area contributed by atoms with E-state index in [2.05, 4.69) is 42.9 Å². The molecule has 1 aliphatic carbocycles. The van der Waals surface area contributed by atoms with Crippen LogP contribution in [0, 0.1) is 0 Å². The zero-order chi connectivity index (χ0) is 18.4. The van der Waals surface area contributed by atoms with Gasteiger partial charge in [-0.3, -0.25) is 4.98 Å². The summed E-state index contributed by atoms with van der Waals surface area (Å²) >= 11 is 0. The van der Waals surface area contributed by atoms with Crippen LogP contribution < -0.4 is 10.4 Å². The number of rotatable bonds is 1. The molecule has 0 radical (unpaired) electrons. The molecule has 2 heteroatoms. The lowest BCUT2D eigenvalue weighted by Gasteiger charge is -2.23. The second-order valence-corrected chi connectivity index (χ2v) is 6.25. The third-order valence-corrected chi connectivity index (χ3v) is 4.30. The molecular formula is C24H23NO. The Morgan fingerprint density at radius 3 is 2.69 bits per heavy atom. The fourth-order valence-corrected chi connectivity index (χ4v) is 2.90. The summed E-state index contributed by atoms with van der Waals surface area (Å²) in [5.41, 5.74) is 2.82. The zero-order valence-corrected chi connectivity index (χ0v) is 14.9. The van der Waals surface area contributed by atoms with Crippen LogP contribution in [0.2, 0.25) is 0 Å². The van der Waals surface area contributed by atoms with Gasteiger partial charge < -0.3 is 4.74 Å². The molecule has 0 saturated carbocycles. The second kappa shape index (κ2) is 8.30. The third kappa shape index (κ3) is 4.28. The number of nitrogens with zero attached hydrogens (tertiary/aromatic N) is 1. The van der Waals surface area contributed by atoms with Gasteiger partial charge in [-0.05, 0) is 47.1 Å². The van der Waals surface area contributed by atoms with Crippen molar-refractivity contribution in [3.8, 4) is 0 Å². The number of hydrogen-bond donors (Lipinski definition) is 0. The average Bonchev–Trinajstić information content (AvgIpc) is 2.71. The van der Waals surface area contributed by atoms with Crippen LogP contribution in [0.4, 0.5) is 0 Å². The van der Waals surface area contributed by atoms with Crippen molar-refractivity contribution in [2.75, 3.05) is 0 Å². The van der Waals surface area contributed by atoms with Crippen LogP contribution in [0.25, 0.3) is 18.7 Å². The van der Waals surface area contributed by atoms with Gasteiger partial charge in [0.2, 0.25) is 0 Å². The predicted molar refractivity (Wildman–Crippen MR) is 110 cm³/mol. The number of ether oxygens (including phenoxy) is 1. The van der Waals surface area contributed by atoms with E-state index >= 15 is 0 Å². The maximum atomic E-state index is 6.18. The van der Waals surface area contributed by atoms with Crippen LogP contribution in [0.5, 0.6) is 0 Å². The Morgan fingerprint density at radius 2 is 1.81 bits per heavy atom. The molecule has 1 aromatic rings. The van der Waals surface area contributed by atoms with Crippen molar-refractivity contribution in [2.45, 2.75) is 18.9 Å². The highest BCUT2D eigenvalue weighted by molar-refractivity contribution is 5.76. The molecule has 1 aliphatic heterocycles. The summed E-state index contributed by atoms with van der Waals surface area (Å²) in [7, 11) is 0. The normalized spacial score (nSPS) is 22.2. The molecule has 2 aliphatic rings. The van der Waals surface area contributed by atoms with Crippen LogP contribution in [-0.4, -0.2) is 11.1 Å². The van der Waals surface area contributed by atoms with Gasteiger partial charge in [0.1, 0.15) is 11.9 Å². The fraction of sp³-hybridized carbons (Fsp3) is 0.125. The predicted octanol–water partition coefficient (Wildman–Crippen LogP) is 4.16. The Hall–Kier alpha value is -3.13. The highest BCUT2D eigenvalue weighted by atomic mass is 16.5. The molecule has 3 rings (SSSR count). The van der Waals surface area contributed by atoms with Gasteiger partial charge in [0, 0.05) is 11.8 Å². The molecule has 0 spiro atoms. The van der Waals surface area contributed by atoms with Crippen molar-refractivity contribution < 1.29 is 4.74 Å². The summed E-state index contributed by atoms with van der Waals surface area (Å²) in [6, 6.07) is 9.58. The van der Waals surface area contributed by atoms with Crippen LogP contribution in [-0.2, 0) is 4.74 Å². The van der Waals surface area contributed by atoms with Crippen molar-refractivity contribution >= 4 is 18.7 Å². The fourth-order valence-electron chi connectivity index (χ4n) is 2.90. The Bertz CT molecular complexity index is 977. The number of hydrogen-bond acceptors (Lipinski definition) is 2. The van der Waals surface area contributed by atoms with Gasteiger partial charge in [-0.15, -0.1) is 0 Å². The lowest BCUT2D eigenvalue weighted by Crippen LogP contribution is -2.17. The molecule has 2 nitrogen and oxygen atoms in total. The van der Waals surface area contributed by atoms with Gasteiger partial charge >= 0.3 is 0 Å². The molecule has 0 amide bonds. The van der Waals surface area contributed by atoms with Crippen molar-refractivity contribution in [3.05, 3.63) is 107 Å². The standard InChI is InChI=1S/C24H23NO/c1-18-10-4-5-11-19(2)24(25-17-16-18)22-14-8-6-12-21-13-7-9-15-23(21)26-20(22)3/h4-6,8-12,14-17,23H,1-3,7,13H2/b8-6-,10-4?,11-5?,17-16?,21-12+,22-14?,25-24?. The van der Waals surface area contributed by atoms with Gasteiger partial charge in [0.05, 0.1) is 5.69 Å². The Morgan fingerprint density at radius 1 is 1.00 bits per heavy atom. The van der Waals surface area contributed by atoms with E-state index in [0.717, 1.165) is 34.5 Å². The lowest BCUT2D eigenvalue weighted by atomic mass is 9.97. The second-order valence-electron chi connectivity index (χ2n) is 6.25. The quantitative estimate of drug-likeness (QED) is 0.716. The molecule has 0 N–H and O–H groups in total. The van der Waals surface area contributed by atoms with Crippen LogP contribution in [0.3, 0.4) is 0 Å². The first-order valence-electron chi connectivity index (χ1n) is 8.73. The van der Waals surface area contributed by atoms with E-state index in [1.165, 1.54) is 5.57 Å². The maximum absolute atomic E-state index is 6.18. The molecule has 2 heterocycles. The number of allylic oxidation sites excluding steroid dienone is 6. The van der Waals surface area contributed by atoms with Gasteiger partial charge in [-0.2, -0.15) is 0 Å². The first kappa shape index (κ1) is 17.7. The van der Waals surface area contributed by atoms with E-state index < -0.39 is 0 Å². The monoisotopic (exact) mass is 341 g/mol. The molecular weight excluding hydrogens is 318 g/mol. The first-order valence-corrected chi connectivity index (χ1v) is 8.73. The van der Waals surface area contributed by atoms with E-state index in [1.807, 2.05) is 48.6 Å². The Kier molecular flexibility index (Phi) is 5.65. The van der Waals surface area contributed by atoms with Crippen molar-refractivity contribution in [1.29, 1.82) is 0 Å². The van der Waals surface area contributed by atoms with E-state index in [0.29, 0.717) is 5.76 Å². The average molecular weight is 341 g/mol. The third-order valence-electron chi connectivity index (χ3n) is 4.30. The SMILES string of the molecule is C=C1OC2C=CCC/C2=C\C=C/C=C1c1nccc(=C)ccccc1=C. The van der Waals surface area contributed by atoms with E-state index in [-0.39, 0.29) is 6.10 Å². The highest BCUT2D eigenvalue weighted by Gasteiger charge is 2.19. The number of fused-ring (bicyclic) bond motifs is 1. The maximum Gasteiger partial charge on any atom is 0.138 e. The molecule has 1 unspecified atom stereocenters. The molecule has 0 aromatic carbocycles.